The van der Waals surface area contributed by atoms with E-state index in [2.05, 4.69) is 22.2 Å². The fourth-order valence-electron chi connectivity index (χ4n) is 2.87. The average Bonchev–Trinajstić information content (AvgIpc) is 3.18. The van der Waals surface area contributed by atoms with Crippen molar-refractivity contribution >= 4 is 16.3 Å². The lowest BCUT2D eigenvalue weighted by molar-refractivity contribution is 0.103. The quantitative estimate of drug-likeness (QED) is 0.849. The molecule has 0 aliphatic carbocycles. The monoisotopic (exact) mass is 309 g/mol. The van der Waals surface area contributed by atoms with Crippen molar-refractivity contribution in [1.82, 2.24) is 19.8 Å². The lowest BCUT2D eigenvalue weighted by atomic mass is 9.97. The maximum Gasteiger partial charge on any atom is 0.234 e. The Labute approximate surface area is 128 Å². The van der Waals surface area contributed by atoms with Crippen LogP contribution in [-0.2, 0) is 11.2 Å². The first kappa shape index (κ1) is 14.9. The Morgan fingerprint density at radius 3 is 3.05 bits per heavy atom. The van der Waals surface area contributed by atoms with E-state index in [1.165, 1.54) is 6.42 Å². The Hall–Kier alpha value is -1.05. The molecule has 3 heterocycles. The third-order valence-corrected chi connectivity index (χ3v) is 5.15. The zero-order valence-electron chi connectivity index (χ0n) is 12.5. The average molecular weight is 309 g/mol. The molecule has 0 aromatic carbocycles. The van der Waals surface area contributed by atoms with Crippen LogP contribution in [-0.4, -0.2) is 33.0 Å². The van der Waals surface area contributed by atoms with Gasteiger partial charge in [0.1, 0.15) is 11.1 Å². The van der Waals surface area contributed by atoms with Gasteiger partial charge in [-0.2, -0.15) is 9.61 Å². The van der Waals surface area contributed by atoms with Crippen molar-refractivity contribution in [2.45, 2.75) is 51.6 Å². The SMILES string of the molecule is CCC(CCN)CCc1nn2c(C3CCCO3)nnc2s1. The normalized spacial score (nSPS) is 20.4. The van der Waals surface area contributed by atoms with Gasteiger partial charge in [0.15, 0.2) is 5.82 Å². The molecule has 7 heteroatoms. The van der Waals surface area contributed by atoms with Crippen LogP contribution in [0.15, 0.2) is 0 Å². The van der Waals surface area contributed by atoms with Crippen molar-refractivity contribution in [3.63, 3.8) is 0 Å². The van der Waals surface area contributed by atoms with E-state index in [9.17, 15) is 0 Å². The standard InChI is InChI=1S/C14H23N5OS/c1-2-10(7-8-15)5-6-12-18-19-13(11-4-3-9-20-11)16-17-14(19)21-12/h10-11H,2-9,15H2,1H3. The van der Waals surface area contributed by atoms with Gasteiger partial charge in [0.05, 0.1) is 0 Å². The lowest BCUT2D eigenvalue weighted by Crippen LogP contribution is -2.09. The molecule has 1 aliphatic heterocycles. The second kappa shape index (κ2) is 6.81. The van der Waals surface area contributed by atoms with E-state index in [0.29, 0.717) is 5.92 Å². The predicted molar refractivity (Wildman–Crippen MR) is 82.4 cm³/mol. The van der Waals surface area contributed by atoms with Gasteiger partial charge in [-0.1, -0.05) is 24.7 Å². The van der Waals surface area contributed by atoms with Crippen LogP contribution in [0.1, 0.15) is 56.0 Å². The lowest BCUT2D eigenvalue weighted by Gasteiger charge is -2.11. The highest BCUT2D eigenvalue weighted by Gasteiger charge is 2.24. The summed E-state index contributed by atoms with van der Waals surface area (Å²) in [6, 6.07) is 0. The van der Waals surface area contributed by atoms with Crippen LogP contribution < -0.4 is 5.73 Å². The minimum absolute atomic E-state index is 0.0654. The topological polar surface area (TPSA) is 78.3 Å². The van der Waals surface area contributed by atoms with Crippen LogP contribution in [0.5, 0.6) is 0 Å². The number of fused-ring (bicyclic) bond motifs is 1. The van der Waals surface area contributed by atoms with Crippen LogP contribution in [0.4, 0.5) is 0 Å². The van der Waals surface area contributed by atoms with E-state index in [-0.39, 0.29) is 6.10 Å². The summed E-state index contributed by atoms with van der Waals surface area (Å²) < 4.78 is 7.56. The van der Waals surface area contributed by atoms with Gasteiger partial charge in [0.25, 0.3) is 0 Å². The fraction of sp³-hybridized carbons (Fsp3) is 0.786. The summed E-state index contributed by atoms with van der Waals surface area (Å²) >= 11 is 1.64. The largest absolute Gasteiger partial charge is 0.370 e. The van der Waals surface area contributed by atoms with Gasteiger partial charge >= 0.3 is 0 Å². The fourth-order valence-corrected chi connectivity index (χ4v) is 3.73. The molecule has 0 radical (unpaired) electrons. The van der Waals surface area contributed by atoms with Crippen LogP contribution in [0.25, 0.3) is 4.96 Å². The first-order chi connectivity index (χ1) is 10.3. The third kappa shape index (κ3) is 3.25. The summed E-state index contributed by atoms with van der Waals surface area (Å²) in [6.07, 6.45) is 6.60. The minimum Gasteiger partial charge on any atom is -0.370 e. The maximum atomic E-state index is 5.69. The number of ether oxygens (including phenoxy) is 1. The highest BCUT2D eigenvalue weighted by Crippen LogP contribution is 2.28. The molecule has 0 bridgehead atoms. The van der Waals surface area contributed by atoms with Crippen molar-refractivity contribution in [2.24, 2.45) is 11.7 Å². The molecule has 0 spiro atoms. The van der Waals surface area contributed by atoms with Crippen LogP contribution >= 0.6 is 11.3 Å². The first-order valence-corrected chi connectivity index (χ1v) is 8.66. The van der Waals surface area contributed by atoms with Crippen molar-refractivity contribution in [3.05, 3.63) is 10.8 Å². The molecule has 1 saturated heterocycles. The molecule has 2 atom stereocenters. The third-order valence-electron chi connectivity index (χ3n) is 4.19. The van der Waals surface area contributed by atoms with E-state index in [0.717, 1.165) is 61.0 Å². The Morgan fingerprint density at radius 2 is 2.33 bits per heavy atom. The number of aryl methyl sites for hydroxylation is 1. The number of hydrogen-bond donors (Lipinski definition) is 1. The van der Waals surface area contributed by atoms with Crippen molar-refractivity contribution in [1.29, 1.82) is 0 Å². The molecule has 1 fully saturated rings. The smallest absolute Gasteiger partial charge is 0.234 e. The molecule has 6 nitrogen and oxygen atoms in total. The molecule has 21 heavy (non-hydrogen) atoms. The molecule has 2 aromatic rings. The van der Waals surface area contributed by atoms with E-state index in [1.54, 1.807) is 11.3 Å². The number of aromatic nitrogens is 4. The Morgan fingerprint density at radius 1 is 1.43 bits per heavy atom. The van der Waals surface area contributed by atoms with E-state index >= 15 is 0 Å². The van der Waals surface area contributed by atoms with Gasteiger partial charge in [-0.25, -0.2) is 0 Å². The molecule has 2 N–H and O–H groups in total. The molecule has 2 unspecified atom stereocenters. The Kier molecular flexibility index (Phi) is 4.82. The van der Waals surface area contributed by atoms with Crippen molar-refractivity contribution < 1.29 is 4.74 Å². The Balaban J connectivity index is 1.69. The zero-order valence-corrected chi connectivity index (χ0v) is 13.3. The summed E-state index contributed by atoms with van der Waals surface area (Å²) in [4.78, 5) is 0.877. The highest BCUT2D eigenvalue weighted by molar-refractivity contribution is 7.16. The molecular weight excluding hydrogens is 286 g/mol. The van der Waals surface area contributed by atoms with Gasteiger partial charge < -0.3 is 10.5 Å². The highest BCUT2D eigenvalue weighted by atomic mass is 32.1. The Bertz CT molecular complexity index is 575. The van der Waals surface area contributed by atoms with Gasteiger partial charge in [0.2, 0.25) is 4.96 Å². The van der Waals surface area contributed by atoms with Crippen LogP contribution in [0.3, 0.4) is 0 Å². The summed E-state index contributed by atoms with van der Waals surface area (Å²) in [5.74, 6) is 1.56. The van der Waals surface area contributed by atoms with Gasteiger partial charge in [-0.3, -0.25) is 0 Å². The van der Waals surface area contributed by atoms with Gasteiger partial charge in [-0.05, 0) is 38.1 Å². The van der Waals surface area contributed by atoms with Crippen molar-refractivity contribution in [2.75, 3.05) is 13.2 Å². The molecule has 116 valence electrons. The summed E-state index contributed by atoms with van der Waals surface area (Å²) in [7, 11) is 0. The van der Waals surface area contributed by atoms with Crippen LogP contribution in [0, 0.1) is 5.92 Å². The minimum atomic E-state index is 0.0654. The second-order valence-corrected chi connectivity index (χ2v) is 6.68. The molecular formula is C14H23N5OS. The second-order valence-electron chi connectivity index (χ2n) is 5.64. The number of rotatable bonds is 7. The molecule has 0 amide bonds. The number of nitrogens with two attached hydrogens (primary N) is 1. The summed E-state index contributed by atoms with van der Waals surface area (Å²) in [6.45, 7) is 3.81. The molecule has 1 aliphatic rings. The van der Waals surface area contributed by atoms with E-state index < -0.39 is 0 Å². The van der Waals surface area contributed by atoms with Crippen molar-refractivity contribution in [3.8, 4) is 0 Å². The molecule has 0 saturated carbocycles. The van der Waals surface area contributed by atoms with Crippen LogP contribution in [0.2, 0.25) is 0 Å². The number of nitrogens with zero attached hydrogens (tertiary/aromatic N) is 4. The predicted octanol–water partition coefficient (Wildman–Crippen LogP) is 2.34. The maximum absolute atomic E-state index is 5.69. The molecule has 2 aromatic heterocycles. The zero-order chi connectivity index (χ0) is 14.7. The summed E-state index contributed by atoms with van der Waals surface area (Å²) in [5.41, 5.74) is 5.66. The first-order valence-electron chi connectivity index (χ1n) is 7.84. The van der Waals surface area contributed by atoms with Gasteiger partial charge in [-0.15, -0.1) is 10.2 Å². The van der Waals surface area contributed by atoms with E-state index in [4.69, 9.17) is 10.5 Å². The molecule has 3 rings (SSSR count). The van der Waals surface area contributed by atoms with E-state index in [1.807, 2.05) is 4.52 Å². The van der Waals surface area contributed by atoms with Gasteiger partial charge in [0, 0.05) is 13.0 Å². The number of hydrogen-bond acceptors (Lipinski definition) is 6. The summed E-state index contributed by atoms with van der Waals surface area (Å²) in [5, 5.41) is 14.3.